The Morgan fingerprint density at radius 1 is 1.33 bits per heavy atom. The van der Waals surface area contributed by atoms with Gasteiger partial charge in [0.25, 0.3) is 0 Å². The lowest BCUT2D eigenvalue weighted by Crippen LogP contribution is -2.40. The molecule has 0 atom stereocenters. The summed E-state index contributed by atoms with van der Waals surface area (Å²) in [5.41, 5.74) is 6.73. The molecule has 1 fully saturated rings. The molecule has 1 aliphatic rings. The fraction of sp³-hybridized carbons (Fsp3) is 0.533. The quantitative estimate of drug-likeness (QED) is 0.336. The molecule has 1 aromatic carbocycles. The second-order valence-corrected chi connectivity index (χ2v) is 5.36. The van der Waals surface area contributed by atoms with Crippen molar-refractivity contribution in [3.05, 3.63) is 29.6 Å². The zero-order valence-electron chi connectivity index (χ0n) is 12.0. The Hall–Kier alpha value is -1.82. The molecule has 0 saturated heterocycles. The van der Waals surface area contributed by atoms with Crippen molar-refractivity contribution in [1.82, 2.24) is 0 Å². The van der Waals surface area contributed by atoms with E-state index in [0.717, 1.165) is 25.7 Å². The molecule has 2 rings (SSSR count). The highest BCUT2D eigenvalue weighted by Gasteiger charge is 2.24. The van der Waals surface area contributed by atoms with E-state index in [-0.39, 0.29) is 12.4 Å². The first-order valence-electron chi connectivity index (χ1n) is 7.32. The summed E-state index contributed by atoms with van der Waals surface area (Å²) in [5, 5.41) is 21.2. The molecule has 1 saturated carbocycles. The van der Waals surface area contributed by atoms with Gasteiger partial charge in [0.15, 0.2) is 5.84 Å². The van der Waals surface area contributed by atoms with Crippen LogP contribution >= 0.6 is 0 Å². The molecule has 0 aromatic heterocycles. The van der Waals surface area contributed by atoms with Crippen molar-refractivity contribution in [3.8, 4) is 0 Å². The van der Waals surface area contributed by atoms with Crippen molar-refractivity contribution in [1.29, 1.82) is 0 Å². The molecule has 0 amide bonds. The maximum atomic E-state index is 13.5. The second kappa shape index (κ2) is 7.26. The van der Waals surface area contributed by atoms with Gasteiger partial charge in [0.2, 0.25) is 0 Å². The van der Waals surface area contributed by atoms with E-state index >= 15 is 0 Å². The van der Waals surface area contributed by atoms with E-state index in [2.05, 4.69) is 5.16 Å². The van der Waals surface area contributed by atoms with E-state index in [1.807, 2.05) is 4.90 Å². The molecule has 4 N–H and O–H groups in total. The minimum absolute atomic E-state index is 0.00346. The van der Waals surface area contributed by atoms with Crippen LogP contribution in [0.2, 0.25) is 0 Å². The molecular weight excluding hydrogens is 273 g/mol. The third-order valence-electron chi connectivity index (χ3n) is 4.01. The lowest BCUT2D eigenvalue weighted by atomic mass is 9.93. The topological polar surface area (TPSA) is 82.1 Å². The largest absolute Gasteiger partial charge is 0.409 e. The van der Waals surface area contributed by atoms with Gasteiger partial charge in [-0.15, -0.1) is 0 Å². The summed E-state index contributed by atoms with van der Waals surface area (Å²) in [6.07, 6.45) is 5.58. The van der Waals surface area contributed by atoms with Crippen molar-refractivity contribution >= 4 is 11.5 Å². The molecule has 21 heavy (non-hydrogen) atoms. The van der Waals surface area contributed by atoms with E-state index < -0.39 is 5.82 Å². The lowest BCUT2D eigenvalue weighted by molar-refractivity contribution is 0.290. The van der Waals surface area contributed by atoms with Gasteiger partial charge < -0.3 is 20.9 Å². The van der Waals surface area contributed by atoms with Crippen LogP contribution < -0.4 is 10.6 Å². The predicted octanol–water partition coefficient (Wildman–Crippen LogP) is 2.05. The van der Waals surface area contributed by atoms with Crippen molar-refractivity contribution in [2.24, 2.45) is 10.9 Å². The molecular formula is C15H22FN3O2. The Balaban J connectivity index is 2.39. The van der Waals surface area contributed by atoms with E-state index in [4.69, 9.17) is 10.9 Å². The van der Waals surface area contributed by atoms with Crippen LogP contribution in [0.15, 0.2) is 23.4 Å². The molecule has 0 radical (unpaired) electrons. The smallest absolute Gasteiger partial charge is 0.172 e. The van der Waals surface area contributed by atoms with Crippen LogP contribution in [-0.4, -0.2) is 35.3 Å². The number of rotatable bonds is 5. The summed E-state index contributed by atoms with van der Waals surface area (Å²) in [6, 6.07) is 4.54. The van der Waals surface area contributed by atoms with Gasteiger partial charge in [0.1, 0.15) is 5.82 Å². The maximum absolute atomic E-state index is 13.5. The summed E-state index contributed by atoms with van der Waals surface area (Å²) < 4.78 is 13.5. The zero-order valence-corrected chi connectivity index (χ0v) is 12.0. The van der Waals surface area contributed by atoms with Crippen LogP contribution in [0.25, 0.3) is 0 Å². The number of anilines is 1. The summed E-state index contributed by atoms with van der Waals surface area (Å²) >= 11 is 0. The molecule has 1 aliphatic carbocycles. The third-order valence-corrected chi connectivity index (χ3v) is 4.01. The Morgan fingerprint density at radius 2 is 2.05 bits per heavy atom. The summed E-state index contributed by atoms with van der Waals surface area (Å²) in [4.78, 5) is 2.05. The second-order valence-electron chi connectivity index (χ2n) is 5.36. The van der Waals surface area contributed by atoms with Crippen LogP contribution in [0, 0.1) is 5.82 Å². The van der Waals surface area contributed by atoms with Crippen LogP contribution in [0.5, 0.6) is 0 Å². The first-order valence-corrected chi connectivity index (χ1v) is 7.32. The average molecular weight is 295 g/mol. The SMILES string of the molecule is NC(=NO)c1cc(F)ccc1N(CCO)C1CCCCC1. The Bertz CT molecular complexity index is 502. The van der Waals surface area contributed by atoms with E-state index in [1.54, 1.807) is 6.07 Å². The molecule has 1 aromatic rings. The summed E-state index contributed by atoms with van der Waals surface area (Å²) in [5.74, 6) is -0.559. The highest BCUT2D eigenvalue weighted by molar-refractivity contribution is 6.02. The Kier molecular flexibility index (Phi) is 5.38. The molecule has 6 heteroatoms. The van der Waals surface area contributed by atoms with Gasteiger partial charge in [-0.2, -0.15) is 0 Å². The minimum atomic E-state index is -0.437. The van der Waals surface area contributed by atoms with Crippen LogP contribution in [0.4, 0.5) is 10.1 Å². The monoisotopic (exact) mass is 295 g/mol. The highest BCUT2D eigenvalue weighted by Crippen LogP contribution is 2.30. The first kappa shape index (κ1) is 15.6. The van der Waals surface area contributed by atoms with Gasteiger partial charge in [-0.1, -0.05) is 24.4 Å². The number of nitrogens with two attached hydrogens (primary N) is 1. The molecule has 5 nitrogen and oxygen atoms in total. The molecule has 116 valence electrons. The van der Waals surface area contributed by atoms with Gasteiger partial charge in [0, 0.05) is 23.8 Å². The molecule has 0 spiro atoms. The predicted molar refractivity (Wildman–Crippen MR) is 80.2 cm³/mol. The van der Waals surface area contributed by atoms with Crippen LogP contribution in [-0.2, 0) is 0 Å². The molecule has 0 aliphatic heterocycles. The standard InChI is InChI=1S/C15H22FN3O2/c16-11-6-7-14(13(10-11)15(17)18-21)19(8-9-20)12-4-2-1-3-5-12/h6-7,10,12,20-21H,1-5,8-9H2,(H2,17,18). The number of halogens is 1. The number of benzene rings is 1. The van der Waals surface area contributed by atoms with Gasteiger partial charge in [0.05, 0.1) is 6.61 Å². The average Bonchev–Trinajstić information content (AvgIpc) is 2.53. The van der Waals surface area contributed by atoms with Gasteiger partial charge in [-0.05, 0) is 31.0 Å². The number of aliphatic hydroxyl groups is 1. The van der Waals surface area contributed by atoms with E-state index in [1.165, 1.54) is 18.6 Å². The Morgan fingerprint density at radius 3 is 2.67 bits per heavy atom. The molecule has 0 heterocycles. The first-order chi connectivity index (χ1) is 10.2. The third kappa shape index (κ3) is 3.64. The normalized spacial score (nSPS) is 17.0. The number of hydrogen-bond acceptors (Lipinski definition) is 4. The molecule has 0 unspecified atom stereocenters. The summed E-state index contributed by atoms with van der Waals surface area (Å²) in [7, 11) is 0. The van der Waals surface area contributed by atoms with E-state index in [9.17, 15) is 9.50 Å². The van der Waals surface area contributed by atoms with Gasteiger partial charge in [-0.3, -0.25) is 0 Å². The van der Waals surface area contributed by atoms with Crippen LogP contribution in [0.1, 0.15) is 37.7 Å². The number of aliphatic hydroxyl groups excluding tert-OH is 1. The van der Waals surface area contributed by atoms with Gasteiger partial charge >= 0.3 is 0 Å². The van der Waals surface area contributed by atoms with Gasteiger partial charge in [-0.25, -0.2) is 4.39 Å². The van der Waals surface area contributed by atoms with Crippen LogP contribution in [0.3, 0.4) is 0 Å². The van der Waals surface area contributed by atoms with E-state index in [0.29, 0.717) is 23.8 Å². The number of amidine groups is 1. The maximum Gasteiger partial charge on any atom is 0.172 e. The minimum Gasteiger partial charge on any atom is -0.409 e. The molecule has 0 bridgehead atoms. The van der Waals surface area contributed by atoms with Crippen molar-refractivity contribution < 1.29 is 14.7 Å². The number of hydrogen-bond donors (Lipinski definition) is 3. The van der Waals surface area contributed by atoms with Crippen molar-refractivity contribution in [3.63, 3.8) is 0 Å². The fourth-order valence-corrected chi connectivity index (χ4v) is 3.02. The van der Waals surface area contributed by atoms with Crippen molar-refractivity contribution in [2.75, 3.05) is 18.1 Å². The lowest BCUT2D eigenvalue weighted by Gasteiger charge is -2.36. The fourth-order valence-electron chi connectivity index (χ4n) is 3.02. The highest BCUT2D eigenvalue weighted by atomic mass is 19.1. The summed E-state index contributed by atoms with van der Waals surface area (Å²) in [6.45, 7) is 0.450. The number of oxime groups is 1. The van der Waals surface area contributed by atoms with Crippen molar-refractivity contribution in [2.45, 2.75) is 38.1 Å². The zero-order chi connectivity index (χ0) is 15.2. The Labute approximate surface area is 123 Å². The number of nitrogens with zero attached hydrogens (tertiary/aromatic N) is 2.